The second kappa shape index (κ2) is 5.24. The van der Waals surface area contributed by atoms with Gasteiger partial charge in [0.05, 0.1) is 26.8 Å². The molecule has 0 aliphatic carbocycles. The number of para-hydroxylation sites is 1. The van der Waals surface area contributed by atoms with Crippen LogP contribution in [-0.4, -0.2) is 9.97 Å². The molecule has 0 amide bonds. The fraction of sp³-hybridized carbons (Fsp3) is 0. The van der Waals surface area contributed by atoms with Crippen LogP contribution in [0.2, 0.25) is 10.0 Å². The van der Waals surface area contributed by atoms with E-state index in [-0.39, 0.29) is 0 Å². The van der Waals surface area contributed by atoms with Crippen molar-refractivity contribution in [3.05, 3.63) is 70.8 Å². The molecule has 0 aliphatic rings. The van der Waals surface area contributed by atoms with Gasteiger partial charge < -0.3 is 0 Å². The van der Waals surface area contributed by atoms with Crippen LogP contribution >= 0.6 is 23.2 Å². The third-order valence-corrected chi connectivity index (χ3v) is 4.28. The number of hydrogen-bond acceptors (Lipinski definition) is 2. The first-order valence-electron chi connectivity index (χ1n) is 6.82. The van der Waals surface area contributed by atoms with Crippen molar-refractivity contribution in [2.24, 2.45) is 0 Å². The van der Waals surface area contributed by atoms with Crippen LogP contribution in [0.25, 0.3) is 33.1 Å². The average molecular weight is 325 g/mol. The molecule has 0 spiro atoms. The van der Waals surface area contributed by atoms with Gasteiger partial charge in [-0.1, -0.05) is 41.4 Å². The Hall–Kier alpha value is -2.16. The van der Waals surface area contributed by atoms with Crippen LogP contribution in [-0.2, 0) is 0 Å². The number of nitrogens with zero attached hydrogens (tertiary/aromatic N) is 2. The number of fused-ring (bicyclic) bond motifs is 2. The van der Waals surface area contributed by atoms with Crippen molar-refractivity contribution in [1.29, 1.82) is 0 Å². The third-order valence-electron chi connectivity index (χ3n) is 3.64. The van der Waals surface area contributed by atoms with Gasteiger partial charge in [-0.2, -0.15) is 0 Å². The Kier molecular flexibility index (Phi) is 3.21. The summed E-state index contributed by atoms with van der Waals surface area (Å²) in [7, 11) is 0. The van der Waals surface area contributed by atoms with Gasteiger partial charge in [0.1, 0.15) is 0 Å². The molecule has 106 valence electrons. The maximum atomic E-state index is 6.25. The second-order valence-corrected chi connectivity index (χ2v) is 5.85. The van der Waals surface area contributed by atoms with Crippen molar-refractivity contribution in [1.82, 2.24) is 9.97 Å². The summed E-state index contributed by atoms with van der Waals surface area (Å²) in [4.78, 5) is 9.13. The van der Waals surface area contributed by atoms with E-state index in [1.165, 1.54) is 0 Å². The van der Waals surface area contributed by atoms with E-state index in [9.17, 15) is 0 Å². The summed E-state index contributed by atoms with van der Waals surface area (Å²) in [5.74, 6) is 0. The van der Waals surface area contributed by atoms with Gasteiger partial charge in [-0.15, -0.1) is 0 Å². The molecule has 0 fully saturated rings. The van der Waals surface area contributed by atoms with E-state index in [1.807, 2.05) is 42.6 Å². The summed E-state index contributed by atoms with van der Waals surface area (Å²) >= 11 is 12.4. The molecule has 0 bridgehead atoms. The van der Waals surface area contributed by atoms with Crippen molar-refractivity contribution in [3.8, 4) is 11.3 Å². The van der Waals surface area contributed by atoms with Gasteiger partial charge in [-0.05, 0) is 36.4 Å². The minimum Gasteiger partial charge on any atom is -0.256 e. The summed E-state index contributed by atoms with van der Waals surface area (Å²) < 4.78 is 0. The first-order valence-corrected chi connectivity index (χ1v) is 7.58. The monoisotopic (exact) mass is 324 g/mol. The third kappa shape index (κ3) is 2.21. The van der Waals surface area contributed by atoms with Crippen molar-refractivity contribution in [3.63, 3.8) is 0 Å². The Bertz CT molecular complexity index is 1010. The molecule has 0 atom stereocenters. The summed E-state index contributed by atoms with van der Waals surface area (Å²) in [6.07, 6.45) is 1.83. The van der Waals surface area contributed by atoms with Crippen molar-refractivity contribution in [2.75, 3.05) is 0 Å². The summed E-state index contributed by atoms with van der Waals surface area (Å²) in [6.45, 7) is 0. The quantitative estimate of drug-likeness (QED) is 0.445. The summed E-state index contributed by atoms with van der Waals surface area (Å²) in [6, 6.07) is 17.5. The van der Waals surface area contributed by atoms with Gasteiger partial charge in [0.25, 0.3) is 0 Å². The predicted octanol–water partition coefficient (Wildman–Crippen LogP) is 5.76. The zero-order valence-electron chi connectivity index (χ0n) is 11.4. The van der Waals surface area contributed by atoms with Crippen LogP contribution in [0.5, 0.6) is 0 Å². The van der Waals surface area contributed by atoms with Crippen LogP contribution in [0.1, 0.15) is 0 Å². The topological polar surface area (TPSA) is 25.8 Å². The molecule has 0 radical (unpaired) electrons. The van der Waals surface area contributed by atoms with Crippen LogP contribution in [0.4, 0.5) is 0 Å². The largest absolute Gasteiger partial charge is 0.256 e. The van der Waals surface area contributed by atoms with Gasteiger partial charge in [-0.25, -0.2) is 4.98 Å². The van der Waals surface area contributed by atoms with E-state index < -0.39 is 0 Å². The van der Waals surface area contributed by atoms with E-state index in [2.05, 4.69) is 16.0 Å². The van der Waals surface area contributed by atoms with E-state index in [0.29, 0.717) is 15.6 Å². The number of pyridine rings is 2. The number of hydrogen-bond donors (Lipinski definition) is 0. The molecule has 0 saturated carbocycles. The van der Waals surface area contributed by atoms with Gasteiger partial charge in [0.15, 0.2) is 0 Å². The number of rotatable bonds is 1. The van der Waals surface area contributed by atoms with E-state index >= 15 is 0 Å². The molecule has 0 N–H and O–H groups in total. The molecule has 0 unspecified atom stereocenters. The first kappa shape index (κ1) is 13.5. The fourth-order valence-corrected chi connectivity index (χ4v) is 2.94. The molecule has 0 aliphatic heterocycles. The van der Waals surface area contributed by atoms with Crippen molar-refractivity contribution in [2.45, 2.75) is 0 Å². The Morgan fingerprint density at radius 3 is 2.55 bits per heavy atom. The predicted molar refractivity (Wildman–Crippen MR) is 92.5 cm³/mol. The Labute approximate surface area is 137 Å². The number of aromatic nitrogens is 2. The normalized spacial score (nSPS) is 11.2. The van der Waals surface area contributed by atoms with Gasteiger partial charge in [0.2, 0.25) is 0 Å². The van der Waals surface area contributed by atoms with E-state index in [0.717, 1.165) is 27.5 Å². The SMILES string of the molecule is Clc1ccc(Cl)c2nc(-c3cnc4ccccc4c3)ccc12. The molecular weight excluding hydrogens is 315 g/mol. The van der Waals surface area contributed by atoms with Crippen LogP contribution in [0.3, 0.4) is 0 Å². The highest BCUT2D eigenvalue weighted by atomic mass is 35.5. The standard InChI is InChI=1S/C18H10Cl2N2/c19-14-6-7-15(20)18-13(14)5-8-17(22-18)12-9-11-3-1-2-4-16(11)21-10-12/h1-10H. The lowest BCUT2D eigenvalue weighted by atomic mass is 10.1. The van der Waals surface area contributed by atoms with E-state index in [4.69, 9.17) is 23.2 Å². The lowest BCUT2D eigenvalue weighted by Gasteiger charge is -2.07. The van der Waals surface area contributed by atoms with Crippen LogP contribution in [0, 0.1) is 0 Å². The molecule has 2 nitrogen and oxygen atoms in total. The lowest BCUT2D eigenvalue weighted by Crippen LogP contribution is -1.88. The fourth-order valence-electron chi connectivity index (χ4n) is 2.52. The van der Waals surface area contributed by atoms with Gasteiger partial charge in [-0.3, -0.25) is 4.98 Å². The van der Waals surface area contributed by atoms with Crippen LogP contribution < -0.4 is 0 Å². The number of halogens is 2. The lowest BCUT2D eigenvalue weighted by molar-refractivity contribution is 1.35. The molecule has 2 aromatic carbocycles. The smallest absolute Gasteiger partial charge is 0.0910 e. The highest BCUT2D eigenvalue weighted by Crippen LogP contribution is 2.31. The maximum absolute atomic E-state index is 6.25. The highest BCUT2D eigenvalue weighted by Gasteiger charge is 2.08. The Morgan fingerprint density at radius 1 is 0.818 bits per heavy atom. The highest BCUT2D eigenvalue weighted by molar-refractivity contribution is 6.39. The van der Waals surface area contributed by atoms with E-state index in [1.54, 1.807) is 12.1 Å². The first-order chi connectivity index (χ1) is 10.7. The Morgan fingerprint density at radius 2 is 1.64 bits per heavy atom. The molecular formula is C18H10Cl2N2. The van der Waals surface area contributed by atoms with Crippen LogP contribution in [0.15, 0.2) is 60.8 Å². The molecule has 22 heavy (non-hydrogen) atoms. The zero-order chi connectivity index (χ0) is 15.1. The second-order valence-electron chi connectivity index (χ2n) is 5.04. The summed E-state index contributed by atoms with van der Waals surface area (Å²) in [5.41, 5.74) is 3.46. The average Bonchev–Trinajstić information content (AvgIpc) is 2.57. The minimum atomic E-state index is 0.593. The molecule has 2 heterocycles. The maximum Gasteiger partial charge on any atom is 0.0910 e. The molecule has 4 rings (SSSR count). The zero-order valence-corrected chi connectivity index (χ0v) is 12.9. The van der Waals surface area contributed by atoms with Crippen molar-refractivity contribution >= 4 is 45.0 Å². The number of benzene rings is 2. The molecule has 0 saturated heterocycles. The Balaban J connectivity index is 1.94. The molecule has 2 aromatic heterocycles. The van der Waals surface area contributed by atoms with Crippen molar-refractivity contribution < 1.29 is 0 Å². The molecule has 4 heteroatoms. The molecule has 4 aromatic rings. The summed E-state index contributed by atoms with van der Waals surface area (Å²) in [5, 5.41) is 3.18. The minimum absolute atomic E-state index is 0.593. The van der Waals surface area contributed by atoms with Gasteiger partial charge >= 0.3 is 0 Å². The van der Waals surface area contributed by atoms with Gasteiger partial charge in [0, 0.05) is 22.5 Å².